The van der Waals surface area contributed by atoms with Gasteiger partial charge in [0.1, 0.15) is 12.4 Å². The van der Waals surface area contributed by atoms with Crippen molar-refractivity contribution in [1.82, 2.24) is 15.3 Å². The van der Waals surface area contributed by atoms with Gasteiger partial charge in [-0.2, -0.15) is 0 Å². The van der Waals surface area contributed by atoms with Gasteiger partial charge < -0.3 is 5.32 Å². The Morgan fingerprint density at radius 3 is 2.41 bits per heavy atom. The van der Waals surface area contributed by atoms with E-state index in [4.69, 9.17) is 11.6 Å². The van der Waals surface area contributed by atoms with Crippen molar-refractivity contribution in [2.75, 3.05) is 4.90 Å². The Morgan fingerprint density at radius 1 is 1.18 bits per heavy atom. The lowest BCUT2D eigenvalue weighted by molar-refractivity contribution is -0.134. The number of nitrogens with zero attached hydrogens (tertiary/aromatic N) is 3. The first kappa shape index (κ1) is 22.8. The van der Waals surface area contributed by atoms with Crippen LogP contribution >= 0.6 is 22.9 Å². The molecule has 6 nitrogen and oxygen atoms in total. The number of carbonyl (C=O) groups is 2. The smallest absolute Gasteiger partial charge is 0.278 e. The van der Waals surface area contributed by atoms with E-state index in [9.17, 15) is 22.8 Å². The Hall–Kier alpha value is -2.98. The van der Waals surface area contributed by atoms with Crippen LogP contribution in [0.4, 0.5) is 18.9 Å². The summed E-state index contributed by atoms with van der Waals surface area (Å²) in [6, 6.07) is 9.04. The molecule has 2 aliphatic carbocycles. The number of hydrogen-bond donors (Lipinski definition) is 1. The predicted molar refractivity (Wildman–Crippen MR) is 121 cm³/mol. The molecule has 1 aromatic carbocycles. The highest BCUT2D eigenvalue weighted by molar-refractivity contribution is 7.13. The number of anilines is 1. The highest BCUT2D eigenvalue weighted by Gasteiger charge is 2.78. The molecule has 0 spiro atoms. The number of carbonyl (C=O) groups excluding carboxylic acids is 2. The summed E-state index contributed by atoms with van der Waals surface area (Å²) in [7, 11) is 0. The van der Waals surface area contributed by atoms with Crippen LogP contribution in [0.1, 0.15) is 24.4 Å². The van der Waals surface area contributed by atoms with Crippen molar-refractivity contribution < 1.29 is 22.8 Å². The molecule has 0 radical (unpaired) electrons. The predicted octanol–water partition coefficient (Wildman–Crippen LogP) is 4.73. The van der Waals surface area contributed by atoms with E-state index in [1.165, 1.54) is 30.1 Å². The summed E-state index contributed by atoms with van der Waals surface area (Å²) in [6.07, 6.45) is 3.54. The van der Waals surface area contributed by atoms with Crippen molar-refractivity contribution in [3.8, 4) is 10.4 Å². The summed E-state index contributed by atoms with van der Waals surface area (Å²) in [5.41, 5.74) is -2.18. The monoisotopic (exact) mass is 506 g/mol. The third kappa shape index (κ3) is 3.94. The van der Waals surface area contributed by atoms with Crippen molar-refractivity contribution >= 4 is 40.4 Å². The Bertz CT molecular complexity index is 1210. The minimum atomic E-state index is -2.83. The first-order chi connectivity index (χ1) is 16.2. The number of fused-ring (bicyclic) bond motifs is 1. The maximum absolute atomic E-state index is 14.1. The molecule has 2 saturated carbocycles. The second-order valence-corrected chi connectivity index (χ2v) is 9.78. The van der Waals surface area contributed by atoms with E-state index in [0.29, 0.717) is 0 Å². The topological polar surface area (TPSA) is 75.2 Å². The van der Waals surface area contributed by atoms with Gasteiger partial charge in [0.25, 0.3) is 17.5 Å². The molecule has 4 unspecified atom stereocenters. The van der Waals surface area contributed by atoms with Crippen LogP contribution in [-0.2, 0) is 9.59 Å². The number of benzene rings is 1. The molecule has 1 N–H and O–H groups in total. The first-order valence-corrected chi connectivity index (χ1v) is 11.7. The van der Waals surface area contributed by atoms with Gasteiger partial charge in [-0.05, 0) is 35.6 Å². The van der Waals surface area contributed by atoms with Crippen molar-refractivity contribution in [3.05, 3.63) is 66.1 Å². The molecular weight excluding hydrogens is 489 g/mol. The normalized spacial score (nSPS) is 23.7. The van der Waals surface area contributed by atoms with Crippen LogP contribution in [0.3, 0.4) is 0 Å². The first-order valence-electron chi connectivity index (χ1n) is 10.4. The molecule has 2 aliphatic rings. The number of rotatable bonds is 7. The van der Waals surface area contributed by atoms with Crippen LogP contribution in [0.25, 0.3) is 10.4 Å². The van der Waals surface area contributed by atoms with Crippen LogP contribution < -0.4 is 10.2 Å². The lowest BCUT2D eigenvalue weighted by atomic mass is 9.87. The number of aromatic nitrogens is 2. The minimum Gasteiger partial charge on any atom is -0.348 e. The molecule has 11 heteroatoms. The van der Waals surface area contributed by atoms with Crippen molar-refractivity contribution in [1.29, 1.82) is 0 Å². The van der Waals surface area contributed by atoms with Gasteiger partial charge in [0.15, 0.2) is 0 Å². The maximum atomic E-state index is 14.1. The molecule has 0 bridgehead atoms. The molecule has 2 aromatic heterocycles. The zero-order valence-corrected chi connectivity index (χ0v) is 19.1. The molecule has 0 aliphatic heterocycles. The molecule has 5 rings (SSSR count). The summed E-state index contributed by atoms with van der Waals surface area (Å²) in [6.45, 7) is 0. The summed E-state index contributed by atoms with van der Waals surface area (Å²) >= 11 is 7.05. The molecule has 3 aromatic rings. The van der Waals surface area contributed by atoms with Gasteiger partial charge in [0.2, 0.25) is 5.91 Å². The van der Waals surface area contributed by atoms with E-state index >= 15 is 0 Å². The van der Waals surface area contributed by atoms with Crippen molar-refractivity contribution in [3.63, 3.8) is 0 Å². The zero-order chi connectivity index (χ0) is 24.1. The van der Waals surface area contributed by atoms with Gasteiger partial charge in [-0.15, -0.1) is 11.3 Å². The maximum Gasteiger partial charge on any atom is 0.278 e. The largest absolute Gasteiger partial charge is 0.348 e. The molecule has 34 heavy (non-hydrogen) atoms. The van der Waals surface area contributed by atoms with Gasteiger partial charge in [0.05, 0.1) is 5.54 Å². The van der Waals surface area contributed by atoms with E-state index in [0.717, 1.165) is 15.3 Å². The molecule has 2 amide bonds. The summed E-state index contributed by atoms with van der Waals surface area (Å²) in [4.78, 5) is 36.1. The molecule has 2 fully saturated rings. The Kier molecular flexibility index (Phi) is 5.60. The average Bonchev–Trinajstić information content (AvgIpc) is 3.17. The van der Waals surface area contributed by atoms with Gasteiger partial charge in [-0.3, -0.25) is 14.5 Å². The lowest BCUT2D eigenvalue weighted by Gasteiger charge is -2.37. The third-order valence-corrected chi connectivity index (χ3v) is 7.39. The zero-order valence-electron chi connectivity index (χ0n) is 17.5. The fourth-order valence-corrected chi connectivity index (χ4v) is 5.41. The van der Waals surface area contributed by atoms with Crippen LogP contribution in [0.2, 0.25) is 0 Å². The highest BCUT2D eigenvalue weighted by atomic mass is 35.5. The number of hydrogen-bond acceptors (Lipinski definition) is 5. The van der Waals surface area contributed by atoms with E-state index in [-0.39, 0.29) is 17.7 Å². The summed E-state index contributed by atoms with van der Waals surface area (Å²) < 4.78 is 41.5. The fourth-order valence-electron chi connectivity index (χ4n) is 4.57. The van der Waals surface area contributed by atoms with Crippen LogP contribution in [0, 0.1) is 5.92 Å². The lowest BCUT2D eigenvalue weighted by Crippen LogP contribution is -2.56. The van der Waals surface area contributed by atoms with Crippen molar-refractivity contribution in [2.24, 2.45) is 5.92 Å². The van der Waals surface area contributed by atoms with E-state index in [1.54, 1.807) is 24.3 Å². The molecular formula is C23H18ClF3N4O2S. The molecule has 4 atom stereocenters. The Labute approximate surface area is 201 Å². The number of alkyl halides is 4. The SMILES string of the molecule is O=C(NC12CC1C(F)(F)C2)C(c1cncnc1)N(C(=O)C(F)Cl)c1ccc(-c2cccs2)cc1. The number of halogens is 4. The number of amides is 2. The van der Waals surface area contributed by atoms with Crippen molar-refractivity contribution in [2.45, 2.75) is 36.0 Å². The van der Waals surface area contributed by atoms with Gasteiger partial charge in [0, 0.05) is 40.9 Å². The summed E-state index contributed by atoms with van der Waals surface area (Å²) in [5, 5.41) is 4.59. The minimum absolute atomic E-state index is 0.147. The van der Waals surface area contributed by atoms with Crippen LogP contribution in [0.5, 0.6) is 0 Å². The standard InChI is InChI=1S/C23H18ClF3N4O2S/c24-19(25)21(33)31(15-5-3-13(4-6-15)16-2-1-7-34-16)18(14-9-28-12-29-10-14)20(32)30-22-8-17(22)23(26,27)11-22/h1-7,9-10,12,17-19H,8,11H2,(H,30,32). The van der Waals surface area contributed by atoms with E-state index in [1.807, 2.05) is 17.5 Å². The highest BCUT2D eigenvalue weighted by Crippen LogP contribution is 2.68. The van der Waals surface area contributed by atoms with E-state index in [2.05, 4.69) is 15.3 Å². The van der Waals surface area contributed by atoms with Gasteiger partial charge in [-0.1, -0.05) is 29.8 Å². The molecule has 0 saturated heterocycles. The Balaban J connectivity index is 1.51. The van der Waals surface area contributed by atoms with Gasteiger partial charge >= 0.3 is 0 Å². The third-order valence-electron chi connectivity index (χ3n) is 6.29. The second kappa shape index (κ2) is 8.35. The van der Waals surface area contributed by atoms with Crippen LogP contribution in [0.15, 0.2) is 60.5 Å². The number of thiophene rings is 1. The van der Waals surface area contributed by atoms with E-state index < -0.39 is 47.3 Å². The fraction of sp³-hybridized carbons (Fsp3) is 0.304. The summed E-state index contributed by atoms with van der Waals surface area (Å²) in [5.74, 6) is -5.67. The van der Waals surface area contributed by atoms with Gasteiger partial charge in [-0.25, -0.2) is 23.1 Å². The average molecular weight is 507 g/mol. The number of nitrogens with one attached hydrogen (secondary N) is 1. The quantitative estimate of drug-likeness (QED) is 0.470. The Morgan fingerprint density at radius 2 is 1.88 bits per heavy atom. The second-order valence-electron chi connectivity index (χ2n) is 8.45. The molecule has 176 valence electrons. The molecule has 2 heterocycles. The van der Waals surface area contributed by atoms with Crippen LogP contribution in [-0.4, -0.2) is 38.9 Å².